The second-order valence-corrected chi connectivity index (χ2v) is 23.6. The summed E-state index contributed by atoms with van der Waals surface area (Å²) >= 11 is 0. The Hall–Kier alpha value is -7.60. The Morgan fingerprint density at radius 3 is 1.89 bits per heavy atom. The molecule has 21 nitrogen and oxygen atoms in total. The van der Waals surface area contributed by atoms with Gasteiger partial charge in [-0.2, -0.15) is 9.10 Å². The van der Waals surface area contributed by atoms with Crippen molar-refractivity contribution in [3.63, 3.8) is 0 Å². The van der Waals surface area contributed by atoms with Crippen molar-refractivity contribution in [2.45, 2.75) is 101 Å². The Bertz CT molecular complexity index is 3380. The lowest BCUT2D eigenvalue weighted by atomic mass is 9.98. The average Bonchev–Trinajstić information content (AvgIpc) is 4.15. The zero-order valence-corrected chi connectivity index (χ0v) is 45.4. The molecule has 23 heteroatoms. The molecule has 0 bridgehead atoms. The van der Waals surface area contributed by atoms with Crippen molar-refractivity contribution in [2.75, 3.05) is 34.4 Å². The second kappa shape index (κ2) is 22.3. The van der Waals surface area contributed by atoms with Gasteiger partial charge in [-0.3, -0.25) is 0 Å². The zero-order chi connectivity index (χ0) is 54.6. The number of hydrogen-bond donors (Lipinski definition) is 3. The van der Waals surface area contributed by atoms with E-state index in [1.54, 1.807) is 128 Å². The molecule has 0 radical (unpaired) electrons. The summed E-state index contributed by atoms with van der Waals surface area (Å²) in [6.07, 6.45) is -1.03. The number of methoxy groups -OCH3 is 3. The fraction of sp³-hybridized carbons (Fsp3) is 0.358. The summed E-state index contributed by atoms with van der Waals surface area (Å²) in [5.74, 6) is 1.93. The van der Waals surface area contributed by atoms with E-state index < -0.39 is 59.3 Å². The van der Waals surface area contributed by atoms with Crippen LogP contribution in [0.15, 0.2) is 113 Å². The van der Waals surface area contributed by atoms with Crippen LogP contribution in [-0.2, 0) is 55.7 Å². The summed E-state index contributed by atoms with van der Waals surface area (Å²) in [6, 6.07) is 28.0. The van der Waals surface area contributed by atoms with E-state index >= 15 is 16.8 Å². The van der Waals surface area contributed by atoms with Crippen molar-refractivity contribution < 1.29 is 50.1 Å². The quantitative estimate of drug-likeness (QED) is 0.0746. The summed E-state index contributed by atoms with van der Waals surface area (Å²) in [7, 11) is -5.18. The number of carbonyl (C=O) groups is 2. The Morgan fingerprint density at radius 1 is 0.750 bits per heavy atom. The summed E-state index contributed by atoms with van der Waals surface area (Å²) < 4.78 is 94.2. The van der Waals surface area contributed by atoms with E-state index in [1.165, 1.54) is 40.4 Å². The SMILES string of the molecule is COc1ccc(CN(Cc2ccc(OC)cc2)S(=O)(=O)c2c(S(=O)(=O)NC3CCN(C(=O)OC(C)(C)C)C3)ccc(-c3ccc4nc(CNC(=O)OC(C)(C)C)[nH]c4c3)c2-c2nnn(Cc3ccc(OC)cc3)n2)cc1. The molecule has 1 aliphatic rings. The summed E-state index contributed by atoms with van der Waals surface area (Å²) in [5, 5.41) is 16.3. The molecule has 0 spiro atoms. The summed E-state index contributed by atoms with van der Waals surface area (Å²) in [6.45, 7) is 10.3. The first-order valence-electron chi connectivity index (χ1n) is 24.3. The fourth-order valence-electron chi connectivity index (χ4n) is 8.44. The minimum absolute atomic E-state index is 0.00208. The zero-order valence-electron chi connectivity index (χ0n) is 43.8. The predicted octanol–water partition coefficient (Wildman–Crippen LogP) is 7.66. The standard InChI is InChI=1S/C53H62N10O11S2/c1-52(2,3)73-50(64)54-29-46-55-43-24-16-37(28-44(43)56-46)42-23-25-45(75(66,67)59-38-26-27-61(33-38)51(65)74-53(4,5)6)48(47(42)49-57-60-63(58-49)32-36-14-21-41(72-9)22-15-36)76(68,69)62(30-34-10-17-39(70-7)18-11-34)31-35-12-19-40(71-8)20-13-35/h10-25,28,38,59H,26-27,29-33H2,1-9H3,(H,54,64)(H,55,56). The molecule has 1 aliphatic heterocycles. The van der Waals surface area contributed by atoms with Crippen LogP contribution in [0.4, 0.5) is 9.59 Å². The number of fused-ring (bicyclic) bond motifs is 1. The largest absolute Gasteiger partial charge is 0.497 e. The molecule has 0 saturated carbocycles. The molecule has 3 N–H and O–H groups in total. The number of nitrogens with zero attached hydrogens (tertiary/aromatic N) is 7. The molecule has 1 unspecified atom stereocenters. The minimum atomic E-state index is -4.99. The Morgan fingerprint density at radius 2 is 1.33 bits per heavy atom. The van der Waals surface area contributed by atoms with Gasteiger partial charge in [0.05, 0.1) is 51.0 Å². The molecule has 1 atom stereocenters. The number of hydrogen-bond acceptors (Lipinski definition) is 15. The van der Waals surface area contributed by atoms with Gasteiger partial charge in [0, 0.05) is 32.2 Å². The fourth-order valence-corrected chi connectivity index (χ4v) is 12.1. The number of H-pyrrole nitrogens is 1. The van der Waals surface area contributed by atoms with Crippen molar-refractivity contribution in [1.29, 1.82) is 0 Å². The molecule has 8 rings (SSSR count). The topological polar surface area (TPSA) is 251 Å². The van der Waals surface area contributed by atoms with Crippen LogP contribution >= 0.6 is 0 Å². The number of tetrazole rings is 1. The molecule has 0 aliphatic carbocycles. The molecule has 76 heavy (non-hydrogen) atoms. The highest BCUT2D eigenvalue weighted by Crippen LogP contribution is 2.42. The van der Waals surface area contributed by atoms with Gasteiger partial charge in [0.1, 0.15) is 44.1 Å². The maximum atomic E-state index is 16.3. The van der Waals surface area contributed by atoms with Gasteiger partial charge in [0.15, 0.2) is 0 Å². The second-order valence-electron chi connectivity index (χ2n) is 20.1. The van der Waals surface area contributed by atoms with Crippen LogP contribution < -0.4 is 24.2 Å². The summed E-state index contributed by atoms with van der Waals surface area (Å²) in [5.41, 5.74) is 1.91. The van der Waals surface area contributed by atoms with Gasteiger partial charge >= 0.3 is 12.2 Å². The van der Waals surface area contributed by atoms with E-state index in [-0.39, 0.29) is 62.6 Å². The smallest absolute Gasteiger partial charge is 0.410 e. The number of alkyl carbamates (subject to hydrolysis) is 1. The molecule has 1 fully saturated rings. The van der Waals surface area contributed by atoms with Crippen LogP contribution in [0.5, 0.6) is 17.2 Å². The maximum Gasteiger partial charge on any atom is 0.410 e. The molecule has 3 heterocycles. The predicted molar refractivity (Wildman–Crippen MR) is 282 cm³/mol. The van der Waals surface area contributed by atoms with E-state index in [0.717, 1.165) is 5.56 Å². The minimum Gasteiger partial charge on any atom is -0.497 e. The lowest BCUT2D eigenvalue weighted by Crippen LogP contribution is -2.41. The number of likely N-dealkylation sites (tertiary alicyclic amines) is 1. The number of ether oxygens (including phenoxy) is 5. The van der Waals surface area contributed by atoms with E-state index in [2.05, 4.69) is 30.3 Å². The van der Waals surface area contributed by atoms with Crippen molar-refractivity contribution in [1.82, 2.24) is 49.4 Å². The molecule has 5 aromatic carbocycles. The van der Waals surface area contributed by atoms with Crippen LogP contribution in [0.2, 0.25) is 0 Å². The van der Waals surface area contributed by atoms with Crippen molar-refractivity contribution in [3.05, 3.63) is 126 Å². The highest BCUT2D eigenvalue weighted by molar-refractivity contribution is 7.92. The Labute approximate surface area is 442 Å². The molecule has 2 amide bonds. The van der Waals surface area contributed by atoms with Crippen LogP contribution in [0.3, 0.4) is 0 Å². The third-order valence-corrected chi connectivity index (χ3v) is 15.6. The lowest BCUT2D eigenvalue weighted by molar-refractivity contribution is 0.0291. The van der Waals surface area contributed by atoms with Crippen LogP contribution in [0.1, 0.15) is 70.5 Å². The van der Waals surface area contributed by atoms with Gasteiger partial charge in [0.2, 0.25) is 25.9 Å². The number of imidazole rings is 1. The molecule has 7 aromatic rings. The van der Waals surface area contributed by atoms with Crippen molar-refractivity contribution >= 4 is 43.3 Å². The normalized spacial score (nSPS) is 14.2. The number of aromatic amines is 1. The number of aromatic nitrogens is 6. The molecule has 1 saturated heterocycles. The van der Waals surface area contributed by atoms with E-state index in [9.17, 15) is 9.59 Å². The van der Waals surface area contributed by atoms with Crippen molar-refractivity contribution in [2.24, 2.45) is 0 Å². The average molecular weight is 1080 g/mol. The van der Waals surface area contributed by atoms with Gasteiger partial charge in [-0.15, -0.1) is 10.2 Å². The third kappa shape index (κ3) is 13.3. The monoisotopic (exact) mass is 1080 g/mol. The molecular weight excluding hydrogens is 1020 g/mol. The van der Waals surface area contributed by atoms with Gasteiger partial charge < -0.3 is 38.9 Å². The number of nitrogens with one attached hydrogen (secondary N) is 3. The van der Waals surface area contributed by atoms with Crippen molar-refractivity contribution in [3.8, 4) is 39.8 Å². The number of rotatable bonds is 18. The summed E-state index contributed by atoms with van der Waals surface area (Å²) in [4.78, 5) is 35.1. The Kier molecular flexibility index (Phi) is 16.0. The van der Waals surface area contributed by atoms with Gasteiger partial charge in [-0.05, 0) is 136 Å². The highest BCUT2D eigenvalue weighted by Gasteiger charge is 2.40. The Balaban J connectivity index is 1.32. The number of benzene rings is 5. The van der Waals surface area contributed by atoms with Crippen LogP contribution in [-0.4, -0.2) is 120 Å². The van der Waals surface area contributed by atoms with E-state index in [0.29, 0.717) is 50.8 Å². The molecular formula is C53H62N10O11S2. The molecule has 402 valence electrons. The first-order chi connectivity index (χ1) is 36.0. The number of amides is 2. The lowest BCUT2D eigenvalue weighted by Gasteiger charge is -2.27. The van der Waals surface area contributed by atoms with E-state index in [1.807, 2.05) is 12.1 Å². The van der Waals surface area contributed by atoms with Crippen LogP contribution in [0, 0.1) is 0 Å². The van der Waals surface area contributed by atoms with E-state index in [4.69, 9.17) is 28.8 Å². The van der Waals surface area contributed by atoms with Crippen LogP contribution in [0.25, 0.3) is 33.5 Å². The van der Waals surface area contributed by atoms with Gasteiger partial charge in [-0.25, -0.2) is 36.1 Å². The molecule has 2 aromatic heterocycles. The number of carbonyl (C=O) groups excluding carboxylic acids is 2. The first kappa shape index (κ1) is 54.7. The van der Waals surface area contributed by atoms with Gasteiger partial charge in [-0.1, -0.05) is 48.5 Å². The highest BCUT2D eigenvalue weighted by atomic mass is 32.2. The van der Waals surface area contributed by atoms with Gasteiger partial charge in [0.25, 0.3) is 0 Å². The number of sulfonamides is 2. The first-order valence-corrected chi connectivity index (χ1v) is 27.2. The maximum absolute atomic E-state index is 16.3. The third-order valence-electron chi connectivity index (χ3n) is 12.0.